The zero-order valence-corrected chi connectivity index (χ0v) is 12.6. The van der Waals surface area contributed by atoms with E-state index in [0.717, 1.165) is 0 Å². The van der Waals surface area contributed by atoms with Crippen LogP contribution in [-0.4, -0.2) is 50.9 Å². The summed E-state index contributed by atoms with van der Waals surface area (Å²) < 4.78 is 32.0. The first-order valence-electron chi connectivity index (χ1n) is 6.03. The van der Waals surface area contributed by atoms with Crippen molar-refractivity contribution in [2.45, 2.75) is 26.4 Å². The number of ketones is 1. The minimum atomic E-state index is -3.91. The Morgan fingerprint density at radius 2 is 1.58 bits per heavy atom. The van der Waals surface area contributed by atoms with Crippen molar-refractivity contribution in [2.75, 3.05) is 33.5 Å². The van der Waals surface area contributed by atoms with Crippen LogP contribution in [0.5, 0.6) is 0 Å². The van der Waals surface area contributed by atoms with Crippen LogP contribution in [0, 0.1) is 0 Å². The lowest BCUT2D eigenvalue weighted by molar-refractivity contribution is -0.146. The van der Waals surface area contributed by atoms with E-state index in [1.54, 1.807) is 20.8 Å². The fourth-order valence-corrected chi connectivity index (χ4v) is 3.28. The summed E-state index contributed by atoms with van der Waals surface area (Å²) in [6.45, 7) is 4.56. The van der Waals surface area contributed by atoms with E-state index in [2.05, 4.69) is 4.74 Å². The highest BCUT2D eigenvalue weighted by Crippen LogP contribution is 2.53. The van der Waals surface area contributed by atoms with Crippen molar-refractivity contribution in [1.29, 1.82) is 0 Å². The summed E-state index contributed by atoms with van der Waals surface area (Å²) in [6.07, 6.45) is 0. The summed E-state index contributed by atoms with van der Waals surface area (Å²) in [6, 6.07) is 0. The first kappa shape index (κ1) is 18.2. The minimum absolute atomic E-state index is 0.0491. The predicted octanol–water partition coefficient (Wildman–Crippen LogP) is 1.40. The normalized spacial score (nSPS) is 13.1. The van der Waals surface area contributed by atoms with Gasteiger partial charge in [0, 0.05) is 7.11 Å². The molecule has 0 aromatic rings. The van der Waals surface area contributed by atoms with Crippen LogP contribution < -0.4 is 0 Å². The maximum atomic E-state index is 12.5. The van der Waals surface area contributed by atoms with Crippen LogP contribution >= 0.6 is 7.60 Å². The van der Waals surface area contributed by atoms with Gasteiger partial charge >= 0.3 is 13.6 Å². The quantitative estimate of drug-likeness (QED) is 0.342. The molecule has 0 amide bonds. The molecular formula is C11H21O7P. The molecule has 0 radical (unpaired) electrons. The van der Waals surface area contributed by atoms with Gasteiger partial charge in [-0.1, -0.05) is 0 Å². The Morgan fingerprint density at radius 1 is 1.05 bits per heavy atom. The lowest BCUT2D eigenvalue weighted by Gasteiger charge is -2.23. The van der Waals surface area contributed by atoms with Crippen molar-refractivity contribution in [2.24, 2.45) is 0 Å². The number of esters is 1. The first-order valence-corrected chi connectivity index (χ1v) is 7.65. The molecule has 0 saturated carbocycles. The summed E-state index contributed by atoms with van der Waals surface area (Å²) in [5.41, 5.74) is -1.60. The first-order chi connectivity index (χ1) is 8.96. The average Bonchev–Trinajstić information content (AvgIpc) is 2.30. The predicted molar refractivity (Wildman–Crippen MR) is 68.2 cm³/mol. The molecule has 112 valence electrons. The van der Waals surface area contributed by atoms with Crippen LogP contribution in [0.4, 0.5) is 0 Å². The SMILES string of the molecule is CCOC(=O)C(C(=O)COC)P(=O)(OCC)OCC. The van der Waals surface area contributed by atoms with E-state index in [0.29, 0.717) is 0 Å². The average molecular weight is 296 g/mol. The van der Waals surface area contributed by atoms with E-state index in [9.17, 15) is 14.2 Å². The van der Waals surface area contributed by atoms with E-state index >= 15 is 0 Å². The van der Waals surface area contributed by atoms with E-state index in [1.165, 1.54) is 7.11 Å². The zero-order valence-electron chi connectivity index (χ0n) is 11.7. The number of hydrogen-bond donors (Lipinski definition) is 0. The highest BCUT2D eigenvalue weighted by molar-refractivity contribution is 7.57. The standard InChI is InChI=1S/C11H21O7P/c1-5-16-11(13)10(9(12)8-15-4)19(14,17-6-2)18-7-3/h10H,5-8H2,1-4H3. The van der Waals surface area contributed by atoms with Gasteiger partial charge in [0.15, 0.2) is 5.78 Å². The smallest absolute Gasteiger partial charge is 0.352 e. The second kappa shape index (κ2) is 9.20. The number of carbonyl (C=O) groups excluding carboxylic acids is 2. The zero-order chi connectivity index (χ0) is 14.9. The molecule has 0 saturated heterocycles. The molecule has 0 rings (SSSR count). The Morgan fingerprint density at radius 3 is 1.95 bits per heavy atom. The third kappa shape index (κ3) is 5.40. The van der Waals surface area contributed by atoms with Crippen LogP contribution in [0.3, 0.4) is 0 Å². The Bertz CT molecular complexity index is 314. The van der Waals surface area contributed by atoms with Gasteiger partial charge in [0.1, 0.15) is 6.61 Å². The van der Waals surface area contributed by atoms with E-state index < -0.39 is 25.0 Å². The number of rotatable bonds is 10. The van der Waals surface area contributed by atoms with Gasteiger partial charge in [-0.2, -0.15) is 0 Å². The molecule has 0 heterocycles. The molecule has 0 aromatic carbocycles. The van der Waals surface area contributed by atoms with E-state index in [4.69, 9.17) is 13.8 Å². The molecular weight excluding hydrogens is 275 g/mol. The van der Waals surface area contributed by atoms with Crippen molar-refractivity contribution in [3.63, 3.8) is 0 Å². The number of Topliss-reactive ketones (excluding diaryl/α,β-unsaturated/α-hetero) is 1. The molecule has 0 bridgehead atoms. The van der Waals surface area contributed by atoms with Gasteiger partial charge in [-0.25, -0.2) is 0 Å². The Kier molecular flexibility index (Phi) is 8.84. The van der Waals surface area contributed by atoms with Crippen molar-refractivity contribution in [1.82, 2.24) is 0 Å². The highest BCUT2D eigenvalue weighted by atomic mass is 31.2. The molecule has 1 unspecified atom stereocenters. The number of hydrogen-bond acceptors (Lipinski definition) is 7. The highest BCUT2D eigenvalue weighted by Gasteiger charge is 2.47. The number of ether oxygens (including phenoxy) is 2. The van der Waals surface area contributed by atoms with Crippen LogP contribution in [0.25, 0.3) is 0 Å². The third-order valence-electron chi connectivity index (χ3n) is 2.04. The molecule has 8 heteroatoms. The molecule has 19 heavy (non-hydrogen) atoms. The Hall–Kier alpha value is -0.750. The second-order valence-electron chi connectivity index (χ2n) is 3.43. The van der Waals surface area contributed by atoms with E-state index in [-0.39, 0.29) is 26.4 Å². The molecule has 0 N–H and O–H groups in total. The molecule has 0 fully saturated rings. The summed E-state index contributed by atoms with van der Waals surface area (Å²) in [7, 11) is -2.61. The third-order valence-corrected chi connectivity index (χ3v) is 4.40. The van der Waals surface area contributed by atoms with Gasteiger partial charge in [-0.3, -0.25) is 14.2 Å². The van der Waals surface area contributed by atoms with Gasteiger partial charge in [0.2, 0.25) is 5.66 Å². The fraction of sp³-hybridized carbons (Fsp3) is 0.818. The molecule has 0 aromatic heterocycles. The maximum Gasteiger partial charge on any atom is 0.352 e. The number of methoxy groups -OCH3 is 1. The monoisotopic (exact) mass is 296 g/mol. The molecule has 0 aliphatic rings. The van der Waals surface area contributed by atoms with Gasteiger partial charge in [0.05, 0.1) is 19.8 Å². The summed E-state index contributed by atoms with van der Waals surface area (Å²) in [5, 5.41) is 0. The van der Waals surface area contributed by atoms with Gasteiger partial charge in [-0.15, -0.1) is 0 Å². The molecule has 0 aliphatic heterocycles. The maximum absolute atomic E-state index is 12.5. The lowest BCUT2D eigenvalue weighted by Crippen LogP contribution is -2.35. The Labute approximate surface area is 113 Å². The minimum Gasteiger partial charge on any atom is -0.465 e. The molecule has 7 nitrogen and oxygen atoms in total. The fourth-order valence-electron chi connectivity index (χ4n) is 1.43. The van der Waals surface area contributed by atoms with E-state index in [1.807, 2.05) is 0 Å². The molecule has 0 aliphatic carbocycles. The summed E-state index contributed by atoms with van der Waals surface area (Å²) >= 11 is 0. The van der Waals surface area contributed by atoms with Crippen molar-refractivity contribution < 1.29 is 32.7 Å². The summed E-state index contributed by atoms with van der Waals surface area (Å²) in [5.74, 6) is -1.61. The topological polar surface area (TPSA) is 88.1 Å². The van der Waals surface area contributed by atoms with Crippen molar-refractivity contribution in [3.05, 3.63) is 0 Å². The van der Waals surface area contributed by atoms with Crippen LogP contribution in [0.1, 0.15) is 20.8 Å². The molecule has 0 spiro atoms. The van der Waals surface area contributed by atoms with Gasteiger partial charge < -0.3 is 18.5 Å². The largest absolute Gasteiger partial charge is 0.465 e. The second-order valence-corrected chi connectivity index (χ2v) is 5.54. The number of carbonyl (C=O) groups is 2. The van der Waals surface area contributed by atoms with Crippen molar-refractivity contribution >= 4 is 19.3 Å². The van der Waals surface area contributed by atoms with Crippen molar-refractivity contribution in [3.8, 4) is 0 Å². The van der Waals surface area contributed by atoms with Gasteiger partial charge in [-0.05, 0) is 20.8 Å². The molecule has 1 atom stereocenters. The van der Waals surface area contributed by atoms with Gasteiger partial charge in [0.25, 0.3) is 0 Å². The van der Waals surface area contributed by atoms with Crippen LogP contribution in [0.2, 0.25) is 0 Å². The van der Waals surface area contributed by atoms with Crippen LogP contribution in [0.15, 0.2) is 0 Å². The Balaban J connectivity index is 5.32. The van der Waals surface area contributed by atoms with Crippen LogP contribution in [-0.2, 0) is 32.7 Å². The lowest BCUT2D eigenvalue weighted by atomic mass is 10.3. The summed E-state index contributed by atoms with van der Waals surface area (Å²) in [4.78, 5) is 23.7.